The number of benzene rings is 1. The van der Waals surface area contributed by atoms with Gasteiger partial charge >= 0.3 is 0 Å². The molecule has 0 aromatic heterocycles. The van der Waals surface area contributed by atoms with Crippen LogP contribution in [0.25, 0.3) is 0 Å². The quantitative estimate of drug-likeness (QED) is 0.908. The van der Waals surface area contributed by atoms with Crippen LogP contribution in [-0.2, 0) is 4.74 Å². The fraction of sp³-hybridized carbons (Fsp3) is 0.462. The zero-order valence-corrected chi connectivity index (χ0v) is 11.4. The van der Waals surface area contributed by atoms with Crippen LogP contribution in [0.15, 0.2) is 24.3 Å². The molecule has 1 aromatic carbocycles. The van der Waals surface area contributed by atoms with E-state index in [-0.39, 0.29) is 23.9 Å². The van der Waals surface area contributed by atoms with Crippen molar-refractivity contribution in [3.05, 3.63) is 35.6 Å². The second-order valence-corrected chi connectivity index (χ2v) is 4.19. The van der Waals surface area contributed by atoms with E-state index in [1.807, 2.05) is 0 Å². The van der Waals surface area contributed by atoms with E-state index in [4.69, 9.17) is 4.74 Å². The lowest BCUT2D eigenvalue weighted by atomic mass is 10.2. The van der Waals surface area contributed by atoms with Crippen molar-refractivity contribution in [2.24, 2.45) is 0 Å². The highest BCUT2D eigenvalue weighted by Gasteiger charge is 2.12. The van der Waals surface area contributed by atoms with Crippen LogP contribution in [0.1, 0.15) is 10.4 Å². The van der Waals surface area contributed by atoms with Crippen molar-refractivity contribution in [2.45, 2.75) is 0 Å². The molecule has 1 aliphatic rings. The molecule has 1 amide bonds. The molecule has 1 aliphatic heterocycles. The number of hydrogen-bond donors (Lipinski definition) is 1. The van der Waals surface area contributed by atoms with E-state index in [0.717, 1.165) is 32.8 Å². The van der Waals surface area contributed by atoms with Gasteiger partial charge in [0, 0.05) is 26.2 Å². The van der Waals surface area contributed by atoms with E-state index in [0.29, 0.717) is 6.54 Å². The smallest absolute Gasteiger partial charge is 0.254 e. The average molecular weight is 289 g/mol. The van der Waals surface area contributed by atoms with Gasteiger partial charge in [-0.15, -0.1) is 12.4 Å². The maximum atomic E-state index is 13.3. The highest BCUT2D eigenvalue weighted by molar-refractivity contribution is 5.94. The van der Waals surface area contributed by atoms with Crippen LogP contribution in [-0.4, -0.2) is 50.2 Å². The lowest BCUT2D eigenvalue weighted by Gasteiger charge is -2.26. The zero-order chi connectivity index (χ0) is 12.8. The molecular formula is C13H18ClFN2O2. The fourth-order valence-electron chi connectivity index (χ4n) is 1.89. The Kier molecular flexibility index (Phi) is 6.77. The summed E-state index contributed by atoms with van der Waals surface area (Å²) in [5.74, 6) is -0.845. The standard InChI is InChI=1S/C13H17FN2O2.ClH/c14-12-4-2-1-3-11(12)13(17)15-5-6-16-7-9-18-10-8-16;/h1-4H,5-10H2,(H,15,17);1H. The topological polar surface area (TPSA) is 41.6 Å². The van der Waals surface area contributed by atoms with E-state index < -0.39 is 5.82 Å². The molecule has 0 bridgehead atoms. The minimum atomic E-state index is -0.485. The Balaban J connectivity index is 0.00000180. The monoisotopic (exact) mass is 288 g/mol. The number of ether oxygens (including phenoxy) is 1. The highest BCUT2D eigenvalue weighted by Crippen LogP contribution is 2.05. The van der Waals surface area contributed by atoms with Crippen molar-refractivity contribution in [3.63, 3.8) is 0 Å². The third-order valence-corrected chi connectivity index (χ3v) is 2.94. The Morgan fingerprint density at radius 1 is 1.32 bits per heavy atom. The fourth-order valence-corrected chi connectivity index (χ4v) is 1.89. The summed E-state index contributed by atoms with van der Waals surface area (Å²) >= 11 is 0. The van der Waals surface area contributed by atoms with Crippen LogP contribution in [0, 0.1) is 5.82 Å². The lowest BCUT2D eigenvalue weighted by Crippen LogP contribution is -2.41. The SMILES string of the molecule is Cl.O=C(NCCN1CCOCC1)c1ccccc1F. The first-order valence-corrected chi connectivity index (χ1v) is 6.10. The number of nitrogens with one attached hydrogen (secondary N) is 1. The van der Waals surface area contributed by atoms with Crippen molar-refractivity contribution < 1.29 is 13.9 Å². The summed E-state index contributed by atoms with van der Waals surface area (Å²) in [6.07, 6.45) is 0. The number of halogens is 2. The molecular weight excluding hydrogens is 271 g/mol. The van der Waals surface area contributed by atoms with Gasteiger partial charge in [0.1, 0.15) is 5.82 Å². The molecule has 1 saturated heterocycles. The van der Waals surface area contributed by atoms with E-state index in [1.165, 1.54) is 12.1 Å². The molecule has 6 heteroatoms. The van der Waals surface area contributed by atoms with Gasteiger partial charge in [0.15, 0.2) is 0 Å². The highest BCUT2D eigenvalue weighted by atomic mass is 35.5. The predicted octanol–water partition coefficient (Wildman–Crippen LogP) is 1.31. The zero-order valence-electron chi connectivity index (χ0n) is 10.6. The van der Waals surface area contributed by atoms with Gasteiger partial charge in [0.2, 0.25) is 0 Å². The number of amides is 1. The minimum Gasteiger partial charge on any atom is -0.379 e. The summed E-state index contributed by atoms with van der Waals surface area (Å²) in [7, 11) is 0. The molecule has 0 spiro atoms. The lowest BCUT2D eigenvalue weighted by molar-refractivity contribution is 0.0383. The first-order valence-electron chi connectivity index (χ1n) is 6.10. The second kappa shape index (κ2) is 8.09. The molecule has 2 rings (SSSR count). The number of rotatable bonds is 4. The molecule has 1 heterocycles. The molecule has 0 atom stereocenters. The summed E-state index contributed by atoms with van der Waals surface area (Å²) in [5.41, 5.74) is 0.0967. The number of hydrogen-bond acceptors (Lipinski definition) is 3. The number of morpholine rings is 1. The summed E-state index contributed by atoms with van der Waals surface area (Å²) < 4.78 is 18.6. The third-order valence-electron chi connectivity index (χ3n) is 2.94. The van der Waals surface area contributed by atoms with Crippen molar-refractivity contribution >= 4 is 18.3 Å². The maximum absolute atomic E-state index is 13.3. The van der Waals surface area contributed by atoms with Crippen LogP contribution in [0.2, 0.25) is 0 Å². The molecule has 19 heavy (non-hydrogen) atoms. The van der Waals surface area contributed by atoms with Gasteiger partial charge < -0.3 is 10.1 Å². The third kappa shape index (κ3) is 4.78. The van der Waals surface area contributed by atoms with Gasteiger partial charge in [0.05, 0.1) is 18.8 Å². The van der Waals surface area contributed by atoms with Crippen LogP contribution in [0.4, 0.5) is 4.39 Å². The van der Waals surface area contributed by atoms with Gasteiger partial charge in [-0.1, -0.05) is 12.1 Å². The van der Waals surface area contributed by atoms with Gasteiger partial charge in [0.25, 0.3) is 5.91 Å². The van der Waals surface area contributed by atoms with Gasteiger partial charge in [-0.25, -0.2) is 4.39 Å². The maximum Gasteiger partial charge on any atom is 0.254 e. The normalized spacial score (nSPS) is 15.6. The second-order valence-electron chi connectivity index (χ2n) is 4.19. The molecule has 0 saturated carbocycles. The summed E-state index contributed by atoms with van der Waals surface area (Å²) in [6, 6.07) is 6.00. The van der Waals surface area contributed by atoms with Crippen molar-refractivity contribution in [2.75, 3.05) is 39.4 Å². The van der Waals surface area contributed by atoms with Crippen molar-refractivity contribution in [1.29, 1.82) is 0 Å². The Morgan fingerprint density at radius 3 is 2.68 bits per heavy atom. The molecule has 106 valence electrons. The average Bonchev–Trinajstić information content (AvgIpc) is 2.40. The first-order chi connectivity index (χ1) is 8.77. The van der Waals surface area contributed by atoms with Gasteiger partial charge in [-0.3, -0.25) is 9.69 Å². The molecule has 0 radical (unpaired) electrons. The molecule has 1 N–H and O–H groups in total. The molecule has 1 aromatic rings. The van der Waals surface area contributed by atoms with Crippen LogP contribution < -0.4 is 5.32 Å². The Morgan fingerprint density at radius 2 is 2.00 bits per heavy atom. The van der Waals surface area contributed by atoms with E-state index in [1.54, 1.807) is 12.1 Å². The predicted molar refractivity (Wildman–Crippen MR) is 73.2 cm³/mol. The van der Waals surface area contributed by atoms with E-state index in [2.05, 4.69) is 10.2 Å². The summed E-state index contributed by atoms with van der Waals surface area (Å²) in [5, 5.41) is 2.73. The minimum absolute atomic E-state index is 0. The van der Waals surface area contributed by atoms with Crippen molar-refractivity contribution in [1.82, 2.24) is 10.2 Å². The van der Waals surface area contributed by atoms with Crippen LogP contribution in [0.5, 0.6) is 0 Å². The summed E-state index contributed by atoms with van der Waals surface area (Å²) in [6.45, 7) is 4.53. The van der Waals surface area contributed by atoms with E-state index >= 15 is 0 Å². The number of carbonyl (C=O) groups is 1. The van der Waals surface area contributed by atoms with Crippen LogP contribution in [0.3, 0.4) is 0 Å². The van der Waals surface area contributed by atoms with Gasteiger partial charge in [-0.05, 0) is 12.1 Å². The summed E-state index contributed by atoms with van der Waals surface area (Å²) in [4.78, 5) is 13.9. The number of carbonyl (C=O) groups excluding carboxylic acids is 1. The Bertz CT molecular complexity index is 411. The van der Waals surface area contributed by atoms with Gasteiger partial charge in [-0.2, -0.15) is 0 Å². The van der Waals surface area contributed by atoms with Crippen molar-refractivity contribution in [3.8, 4) is 0 Å². The Labute approximate surface area is 118 Å². The van der Waals surface area contributed by atoms with E-state index in [9.17, 15) is 9.18 Å². The Hall–Kier alpha value is -1.17. The molecule has 0 unspecified atom stereocenters. The van der Waals surface area contributed by atoms with Crippen LogP contribution >= 0.6 is 12.4 Å². The number of nitrogens with zero attached hydrogens (tertiary/aromatic N) is 1. The molecule has 4 nitrogen and oxygen atoms in total. The largest absolute Gasteiger partial charge is 0.379 e. The first kappa shape index (κ1) is 15.9. The molecule has 0 aliphatic carbocycles. The molecule has 1 fully saturated rings.